The van der Waals surface area contributed by atoms with Crippen molar-refractivity contribution in [3.63, 3.8) is 0 Å². The lowest BCUT2D eigenvalue weighted by Crippen LogP contribution is -2.36. The average molecular weight is 661 g/mol. The van der Waals surface area contributed by atoms with E-state index >= 15 is 0 Å². The van der Waals surface area contributed by atoms with E-state index in [0.717, 1.165) is 34.1 Å². The number of hydrogen-bond donors (Lipinski definition) is 2. The number of aryl methyl sites for hydroxylation is 3. The molecule has 10 nitrogen and oxygen atoms in total. The molecule has 0 aliphatic rings. The molecule has 5 aromatic rings. The summed E-state index contributed by atoms with van der Waals surface area (Å²) in [7, 11) is -1.93. The average Bonchev–Trinajstić information content (AvgIpc) is 3.26. The molecule has 5 rings (SSSR count). The van der Waals surface area contributed by atoms with Crippen molar-refractivity contribution in [3.05, 3.63) is 94.5 Å². The van der Waals surface area contributed by atoms with E-state index in [1.165, 1.54) is 0 Å². The maximum Gasteiger partial charge on any atom is 0.408 e. The number of sulfonamides is 1. The number of nitrogens with one attached hydrogen (secondary N) is 2. The lowest BCUT2D eigenvalue weighted by molar-refractivity contribution is 0.0502. The Bertz CT molecular complexity index is 2020. The fourth-order valence-electron chi connectivity index (χ4n) is 5.59. The first kappa shape index (κ1) is 32.9. The molecular formula is C34H37ClN6O4S. The zero-order chi connectivity index (χ0) is 33.4. The van der Waals surface area contributed by atoms with Crippen molar-refractivity contribution in [1.29, 1.82) is 0 Å². The fraction of sp³-hybridized carbons (Fsp3) is 0.294. The van der Waals surface area contributed by atoms with Gasteiger partial charge in [0.25, 0.3) is 0 Å². The van der Waals surface area contributed by atoms with Crippen LogP contribution >= 0.6 is 11.6 Å². The molecule has 240 valence electrons. The summed E-state index contributed by atoms with van der Waals surface area (Å²) in [5.74, 6) is 0.114. The Hall–Kier alpha value is -4.48. The first-order valence-electron chi connectivity index (χ1n) is 14.7. The summed E-state index contributed by atoms with van der Waals surface area (Å²) >= 11 is 6.67. The van der Waals surface area contributed by atoms with Crippen molar-refractivity contribution in [2.24, 2.45) is 7.05 Å². The third-order valence-electron chi connectivity index (χ3n) is 7.17. The SMILES string of the molecule is Cc1cc(C)cc(C[C@H](NC(=O)OC(C)(C)C)c2ncc(-c3cccnc3)cc2-c2ccc(Cl)c3c(NS(C)(=O)=O)nn(C)c23)c1. The van der Waals surface area contributed by atoms with Crippen molar-refractivity contribution in [2.75, 3.05) is 11.0 Å². The molecule has 0 spiro atoms. The van der Waals surface area contributed by atoms with Gasteiger partial charge in [-0.05, 0) is 64.8 Å². The van der Waals surface area contributed by atoms with Crippen LogP contribution in [-0.4, -0.2) is 46.1 Å². The number of amides is 1. The second-order valence-electron chi connectivity index (χ2n) is 12.5. The Balaban J connectivity index is 1.77. The number of anilines is 1. The van der Waals surface area contributed by atoms with Gasteiger partial charge in [0.15, 0.2) is 5.82 Å². The molecule has 1 atom stereocenters. The largest absolute Gasteiger partial charge is 0.444 e. The van der Waals surface area contributed by atoms with E-state index in [1.807, 2.05) is 58.9 Å². The Morgan fingerprint density at radius 2 is 1.74 bits per heavy atom. The number of carbonyl (C=O) groups is 1. The summed E-state index contributed by atoms with van der Waals surface area (Å²) in [6, 6.07) is 15.0. The van der Waals surface area contributed by atoms with E-state index in [9.17, 15) is 13.2 Å². The number of carbonyl (C=O) groups excluding carboxylic acids is 1. The maximum atomic E-state index is 13.3. The van der Waals surface area contributed by atoms with Crippen LogP contribution in [0.3, 0.4) is 0 Å². The topological polar surface area (TPSA) is 128 Å². The standard InChI is InChI=1S/C34H37ClN6O4S/c1-20-13-21(2)15-22(14-20)16-28(38-33(42)45-34(3,4)5)30-26(17-24(19-37-30)23-9-8-12-36-18-23)25-10-11-27(35)29-31(25)41(6)39-32(29)40-46(7,43)44/h8-15,17-19,28H,16H2,1-7H3,(H,38,42)(H,39,40)/t28-/m0/s1. The second kappa shape index (κ2) is 12.7. The first-order chi connectivity index (χ1) is 21.6. The van der Waals surface area contributed by atoms with Crippen LogP contribution in [0.15, 0.2) is 67.1 Å². The van der Waals surface area contributed by atoms with Crippen LogP contribution in [0, 0.1) is 13.8 Å². The van der Waals surface area contributed by atoms with Crippen LogP contribution in [0.25, 0.3) is 33.2 Å². The van der Waals surface area contributed by atoms with E-state index in [-0.39, 0.29) is 5.82 Å². The molecule has 2 aromatic carbocycles. The Labute approximate surface area is 274 Å². The third-order valence-corrected chi connectivity index (χ3v) is 8.04. The van der Waals surface area contributed by atoms with Gasteiger partial charge in [-0.25, -0.2) is 13.2 Å². The predicted molar refractivity (Wildman–Crippen MR) is 182 cm³/mol. The van der Waals surface area contributed by atoms with Crippen LogP contribution in [-0.2, 0) is 28.2 Å². The number of rotatable bonds is 8. The van der Waals surface area contributed by atoms with Gasteiger partial charge in [-0.2, -0.15) is 5.10 Å². The van der Waals surface area contributed by atoms with Gasteiger partial charge in [0.2, 0.25) is 10.0 Å². The van der Waals surface area contributed by atoms with Gasteiger partial charge in [0.1, 0.15) is 5.60 Å². The molecule has 0 aliphatic heterocycles. The Morgan fingerprint density at radius 3 is 2.37 bits per heavy atom. The number of halogens is 1. The van der Waals surface area contributed by atoms with E-state index < -0.39 is 27.8 Å². The first-order valence-corrected chi connectivity index (χ1v) is 17.0. The van der Waals surface area contributed by atoms with E-state index in [0.29, 0.717) is 39.2 Å². The number of ether oxygens (including phenoxy) is 1. The molecular weight excluding hydrogens is 624 g/mol. The van der Waals surface area contributed by atoms with E-state index in [2.05, 4.69) is 38.3 Å². The predicted octanol–water partition coefficient (Wildman–Crippen LogP) is 7.15. The highest BCUT2D eigenvalue weighted by atomic mass is 35.5. The second-order valence-corrected chi connectivity index (χ2v) is 14.6. The number of aromatic nitrogens is 4. The van der Waals surface area contributed by atoms with Gasteiger partial charge in [0, 0.05) is 47.9 Å². The van der Waals surface area contributed by atoms with Gasteiger partial charge < -0.3 is 10.1 Å². The van der Waals surface area contributed by atoms with E-state index in [4.69, 9.17) is 21.3 Å². The summed E-state index contributed by atoms with van der Waals surface area (Å²) < 4.78 is 34.2. The van der Waals surface area contributed by atoms with Crippen molar-refractivity contribution in [2.45, 2.75) is 52.7 Å². The zero-order valence-corrected chi connectivity index (χ0v) is 28.4. The van der Waals surface area contributed by atoms with Gasteiger partial charge in [-0.15, -0.1) is 0 Å². The molecule has 12 heteroatoms. The van der Waals surface area contributed by atoms with Crippen LogP contribution < -0.4 is 10.0 Å². The molecule has 2 N–H and O–H groups in total. The highest BCUT2D eigenvalue weighted by Gasteiger charge is 2.27. The minimum absolute atomic E-state index is 0.114. The summed E-state index contributed by atoms with van der Waals surface area (Å²) in [5, 5.41) is 8.32. The van der Waals surface area contributed by atoms with Crippen molar-refractivity contribution in [1.82, 2.24) is 25.1 Å². The fourth-order valence-corrected chi connectivity index (χ4v) is 6.33. The summed E-state index contributed by atoms with van der Waals surface area (Å²) in [6.07, 6.45) is 6.12. The van der Waals surface area contributed by atoms with Crippen molar-refractivity contribution >= 4 is 44.4 Å². The normalized spacial score (nSPS) is 12.6. The summed E-state index contributed by atoms with van der Waals surface area (Å²) in [4.78, 5) is 22.5. The number of hydrogen-bond acceptors (Lipinski definition) is 7. The van der Waals surface area contributed by atoms with Crippen molar-refractivity contribution < 1.29 is 17.9 Å². The molecule has 0 saturated heterocycles. The smallest absolute Gasteiger partial charge is 0.408 e. The van der Waals surface area contributed by atoms with Gasteiger partial charge in [-0.3, -0.25) is 19.4 Å². The molecule has 3 heterocycles. The molecule has 0 bridgehead atoms. The monoisotopic (exact) mass is 660 g/mol. The molecule has 0 radical (unpaired) electrons. The Morgan fingerprint density at radius 1 is 1.02 bits per heavy atom. The van der Waals surface area contributed by atoms with Crippen LogP contribution in [0.4, 0.5) is 10.6 Å². The van der Waals surface area contributed by atoms with Crippen molar-refractivity contribution in [3.8, 4) is 22.3 Å². The van der Waals surface area contributed by atoms with Gasteiger partial charge >= 0.3 is 6.09 Å². The third kappa shape index (κ3) is 7.66. The number of nitrogens with zero attached hydrogens (tertiary/aromatic N) is 4. The lowest BCUT2D eigenvalue weighted by Gasteiger charge is -2.25. The lowest BCUT2D eigenvalue weighted by atomic mass is 9.92. The zero-order valence-electron chi connectivity index (χ0n) is 26.8. The molecule has 1 amide bonds. The quantitative estimate of drug-likeness (QED) is 0.181. The van der Waals surface area contributed by atoms with Crippen LogP contribution in [0.2, 0.25) is 5.02 Å². The number of alkyl carbamates (subject to hydrolysis) is 1. The van der Waals surface area contributed by atoms with Gasteiger partial charge in [0.05, 0.1) is 33.9 Å². The maximum absolute atomic E-state index is 13.3. The Kier molecular flexibility index (Phi) is 9.10. The van der Waals surface area contributed by atoms with Gasteiger partial charge in [-0.1, -0.05) is 53.1 Å². The molecule has 0 aliphatic carbocycles. The highest BCUT2D eigenvalue weighted by Crippen LogP contribution is 2.41. The number of fused-ring (bicyclic) bond motifs is 1. The molecule has 0 unspecified atom stereocenters. The minimum atomic E-state index is -3.65. The van der Waals surface area contributed by atoms with Crippen LogP contribution in [0.5, 0.6) is 0 Å². The number of benzene rings is 2. The molecule has 0 fully saturated rings. The summed E-state index contributed by atoms with van der Waals surface area (Å²) in [6.45, 7) is 9.51. The van der Waals surface area contributed by atoms with Crippen LogP contribution in [0.1, 0.15) is 49.2 Å². The minimum Gasteiger partial charge on any atom is -0.444 e. The molecule has 3 aromatic heterocycles. The highest BCUT2D eigenvalue weighted by molar-refractivity contribution is 7.92. The molecule has 0 saturated carbocycles. The molecule has 46 heavy (non-hydrogen) atoms. The number of pyridine rings is 2. The summed E-state index contributed by atoms with van der Waals surface area (Å²) in [5.41, 5.74) is 6.73. The van der Waals surface area contributed by atoms with E-state index in [1.54, 1.807) is 36.4 Å².